The van der Waals surface area contributed by atoms with E-state index in [1.165, 1.54) is 19.2 Å². The molecule has 29 heavy (non-hydrogen) atoms. The zero-order valence-corrected chi connectivity index (χ0v) is 16.1. The highest BCUT2D eigenvalue weighted by atomic mass is 16.5. The van der Waals surface area contributed by atoms with E-state index in [1.54, 1.807) is 24.3 Å². The highest BCUT2D eigenvalue weighted by molar-refractivity contribution is 6.03. The van der Waals surface area contributed by atoms with Gasteiger partial charge >= 0.3 is 0 Å². The topological polar surface area (TPSA) is 105 Å². The Morgan fingerprint density at radius 3 is 2.34 bits per heavy atom. The van der Waals surface area contributed by atoms with Gasteiger partial charge in [-0.25, -0.2) is 9.97 Å². The SMILES string of the molecule is CCOc1ccccc1Nc1nccc(C(=O)Nc2ccc(NC(C)=O)cc2)n1. The lowest BCUT2D eigenvalue weighted by atomic mass is 10.2. The van der Waals surface area contributed by atoms with Crippen LogP contribution in [0.4, 0.5) is 23.0 Å². The summed E-state index contributed by atoms with van der Waals surface area (Å²) in [6.45, 7) is 3.87. The van der Waals surface area contributed by atoms with Crippen molar-refractivity contribution in [1.82, 2.24) is 9.97 Å². The Kier molecular flexibility index (Phi) is 6.36. The van der Waals surface area contributed by atoms with Crippen LogP contribution >= 0.6 is 0 Å². The molecule has 3 aromatic rings. The van der Waals surface area contributed by atoms with Gasteiger partial charge in [0, 0.05) is 24.5 Å². The molecule has 0 bridgehead atoms. The molecule has 0 radical (unpaired) electrons. The van der Waals surface area contributed by atoms with Gasteiger partial charge in [-0.15, -0.1) is 0 Å². The Balaban J connectivity index is 1.70. The minimum absolute atomic E-state index is 0.159. The van der Waals surface area contributed by atoms with Crippen LogP contribution < -0.4 is 20.7 Å². The molecule has 0 spiro atoms. The van der Waals surface area contributed by atoms with Crippen molar-refractivity contribution in [2.45, 2.75) is 13.8 Å². The summed E-state index contributed by atoms with van der Waals surface area (Å²) in [6.07, 6.45) is 1.51. The van der Waals surface area contributed by atoms with Crippen LogP contribution in [-0.4, -0.2) is 28.4 Å². The summed E-state index contributed by atoms with van der Waals surface area (Å²) >= 11 is 0. The van der Waals surface area contributed by atoms with Gasteiger partial charge in [-0.05, 0) is 49.4 Å². The largest absolute Gasteiger partial charge is 0.492 e. The van der Waals surface area contributed by atoms with Crippen molar-refractivity contribution in [3.63, 3.8) is 0 Å². The molecule has 8 heteroatoms. The number of anilines is 4. The van der Waals surface area contributed by atoms with E-state index in [9.17, 15) is 9.59 Å². The number of hydrogen-bond acceptors (Lipinski definition) is 6. The maximum atomic E-state index is 12.5. The summed E-state index contributed by atoms with van der Waals surface area (Å²) in [5, 5.41) is 8.51. The first-order chi connectivity index (χ1) is 14.0. The van der Waals surface area contributed by atoms with Gasteiger partial charge < -0.3 is 20.7 Å². The Morgan fingerprint density at radius 1 is 0.966 bits per heavy atom. The number of nitrogens with zero attached hydrogens (tertiary/aromatic N) is 2. The second-order valence-corrected chi connectivity index (χ2v) is 6.03. The van der Waals surface area contributed by atoms with Crippen molar-refractivity contribution in [2.75, 3.05) is 22.6 Å². The summed E-state index contributed by atoms with van der Waals surface area (Å²) in [7, 11) is 0. The highest BCUT2D eigenvalue weighted by Crippen LogP contribution is 2.26. The van der Waals surface area contributed by atoms with E-state index in [4.69, 9.17) is 4.74 Å². The van der Waals surface area contributed by atoms with Gasteiger partial charge in [-0.3, -0.25) is 9.59 Å². The molecule has 3 N–H and O–H groups in total. The summed E-state index contributed by atoms with van der Waals surface area (Å²) in [5.74, 6) is 0.424. The highest BCUT2D eigenvalue weighted by Gasteiger charge is 2.11. The minimum Gasteiger partial charge on any atom is -0.492 e. The third kappa shape index (κ3) is 5.52. The second kappa shape index (κ2) is 9.32. The summed E-state index contributed by atoms with van der Waals surface area (Å²) in [6, 6.07) is 15.8. The van der Waals surface area contributed by atoms with Gasteiger partial charge in [0.25, 0.3) is 5.91 Å². The van der Waals surface area contributed by atoms with Crippen molar-refractivity contribution >= 4 is 34.8 Å². The smallest absolute Gasteiger partial charge is 0.274 e. The molecule has 2 aromatic carbocycles. The number of carbonyl (C=O) groups is 2. The van der Waals surface area contributed by atoms with Crippen molar-refractivity contribution in [2.24, 2.45) is 0 Å². The Labute approximate surface area is 168 Å². The number of aromatic nitrogens is 2. The fourth-order valence-corrected chi connectivity index (χ4v) is 2.55. The lowest BCUT2D eigenvalue weighted by Gasteiger charge is -2.11. The minimum atomic E-state index is -0.374. The number of ether oxygens (including phenoxy) is 1. The predicted molar refractivity (Wildman–Crippen MR) is 112 cm³/mol. The summed E-state index contributed by atoms with van der Waals surface area (Å²) in [5.41, 5.74) is 2.15. The van der Waals surface area contributed by atoms with E-state index in [1.807, 2.05) is 31.2 Å². The number of rotatable bonds is 7. The molecule has 0 atom stereocenters. The molecule has 8 nitrogen and oxygen atoms in total. The van der Waals surface area contributed by atoms with Crippen LogP contribution in [0, 0.1) is 0 Å². The number of carbonyl (C=O) groups excluding carboxylic acids is 2. The third-order valence-corrected chi connectivity index (χ3v) is 3.78. The first-order valence-electron chi connectivity index (χ1n) is 9.06. The van der Waals surface area contributed by atoms with Crippen molar-refractivity contribution < 1.29 is 14.3 Å². The number of para-hydroxylation sites is 2. The number of nitrogens with one attached hydrogen (secondary N) is 3. The normalized spacial score (nSPS) is 10.1. The molecule has 148 valence electrons. The van der Waals surface area contributed by atoms with Gasteiger partial charge in [-0.1, -0.05) is 12.1 Å². The Hall–Kier alpha value is -3.94. The first kappa shape index (κ1) is 19.8. The lowest BCUT2D eigenvalue weighted by molar-refractivity contribution is -0.114. The molecular formula is C21H21N5O3. The summed E-state index contributed by atoms with van der Waals surface area (Å²) in [4.78, 5) is 32.0. The number of benzene rings is 2. The summed E-state index contributed by atoms with van der Waals surface area (Å²) < 4.78 is 5.58. The van der Waals surface area contributed by atoms with Crippen LogP contribution in [0.5, 0.6) is 5.75 Å². The van der Waals surface area contributed by atoms with Crippen LogP contribution in [-0.2, 0) is 4.79 Å². The molecule has 0 saturated carbocycles. The van der Waals surface area contributed by atoms with Crippen LogP contribution in [0.1, 0.15) is 24.3 Å². The fourth-order valence-electron chi connectivity index (χ4n) is 2.55. The molecule has 2 amide bonds. The molecular weight excluding hydrogens is 370 g/mol. The zero-order valence-electron chi connectivity index (χ0n) is 16.1. The van der Waals surface area contributed by atoms with Gasteiger partial charge in [-0.2, -0.15) is 0 Å². The number of amides is 2. The van der Waals surface area contributed by atoms with Crippen LogP contribution in [0.15, 0.2) is 60.8 Å². The van der Waals surface area contributed by atoms with Crippen molar-refractivity contribution in [3.8, 4) is 5.75 Å². The van der Waals surface area contributed by atoms with Crippen molar-refractivity contribution in [1.29, 1.82) is 0 Å². The first-order valence-corrected chi connectivity index (χ1v) is 9.06. The molecule has 0 aliphatic heterocycles. The van der Waals surface area contributed by atoms with E-state index < -0.39 is 0 Å². The van der Waals surface area contributed by atoms with Crippen LogP contribution in [0.3, 0.4) is 0 Å². The van der Waals surface area contributed by atoms with Gasteiger partial charge in [0.15, 0.2) is 0 Å². The van der Waals surface area contributed by atoms with Crippen LogP contribution in [0.2, 0.25) is 0 Å². The molecule has 3 rings (SSSR count). The van der Waals surface area contributed by atoms with Crippen LogP contribution in [0.25, 0.3) is 0 Å². The predicted octanol–water partition coefficient (Wildman–Crippen LogP) is 3.83. The molecule has 1 aromatic heterocycles. The zero-order chi connectivity index (χ0) is 20.6. The van der Waals surface area contributed by atoms with E-state index in [0.717, 1.165) is 0 Å². The van der Waals surface area contributed by atoms with E-state index in [2.05, 4.69) is 25.9 Å². The molecule has 0 saturated heterocycles. The number of hydrogen-bond donors (Lipinski definition) is 3. The average molecular weight is 391 g/mol. The Morgan fingerprint density at radius 2 is 1.66 bits per heavy atom. The Bertz CT molecular complexity index is 1010. The van der Waals surface area contributed by atoms with E-state index >= 15 is 0 Å². The maximum absolute atomic E-state index is 12.5. The second-order valence-electron chi connectivity index (χ2n) is 6.03. The standard InChI is InChI=1S/C21H21N5O3/c1-3-29-19-7-5-4-6-17(19)25-21-22-13-12-18(26-21)20(28)24-16-10-8-15(9-11-16)23-14(2)27/h4-13H,3H2,1-2H3,(H,23,27)(H,24,28)(H,22,25,26). The molecule has 0 fully saturated rings. The van der Waals surface area contributed by atoms with E-state index in [-0.39, 0.29) is 23.5 Å². The quantitative estimate of drug-likeness (QED) is 0.565. The average Bonchev–Trinajstić information content (AvgIpc) is 2.71. The monoisotopic (exact) mass is 391 g/mol. The molecule has 0 unspecified atom stereocenters. The molecule has 0 aliphatic rings. The van der Waals surface area contributed by atoms with E-state index in [0.29, 0.717) is 29.4 Å². The van der Waals surface area contributed by atoms with Gasteiger partial charge in [0.2, 0.25) is 11.9 Å². The van der Waals surface area contributed by atoms with Gasteiger partial charge in [0.1, 0.15) is 11.4 Å². The molecule has 0 aliphatic carbocycles. The lowest BCUT2D eigenvalue weighted by Crippen LogP contribution is -2.15. The maximum Gasteiger partial charge on any atom is 0.274 e. The third-order valence-electron chi connectivity index (χ3n) is 3.78. The van der Waals surface area contributed by atoms with Crippen molar-refractivity contribution in [3.05, 3.63) is 66.5 Å². The fraction of sp³-hybridized carbons (Fsp3) is 0.143. The molecule has 1 heterocycles. The van der Waals surface area contributed by atoms with Gasteiger partial charge in [0.05, 0.1) is 12.3 Å².